The van der Waals surface area contributed by atoms with Crippen LogP contribution in [0.5, 0.6) is 5.75 Å². The van der Waals surface area contributed by atoms with Gasteiger partial charge in [0, 0.05) is 17.3 Å². The third-order valence-corrected chi connectivity index (χ3v) is 3.92. The van der Waals surface area contributed by atoms with E-state index in [-0.39, 0.29) is 0 Å². The zero-order valence-corrected chi connectivity index (χ0v) is 13.4. The normalized spacial score (nSPS) is 11.0. The number of nitrogens with zero attached hydrogens (tertiary/aromatic N) is 3. The molecule has 0 saturated carbocycles. The summed E-state index contributed by atoms with van der Waals surface area (Å²) < 4.78 is 7.80. The van der Waals surface area contributed by atoms with E-state index in [1.54, 1.807) is 6.20 Å². The fraction of sp³-hybridized carbons (Fsp3) is 0.250. The first-order valence-corrected chi connectivity index (χ1v) is 8.02. The van der Waals surface area contributed by atoms with Crippen LogP contribution in [0, 0.1) is 0 Å². The number of hydrogen-bond donors (Lipinski definition) is 0. The lowest BCUT2D eigenvalue weighted by Gasteiger charge is -2.04. The minimum absolute atomic E-state index is 0.447. The van der Waals surface area contributed by atoms with E-state index >= 15 is 0 Å². The third-order valence-electron chi connectivity index (χ3n) is 3.34. The third kappa shape index (κ3) is 2.93. The Kier molecular flexibility index (Phi) is 4.20. The van der Waals surface area contributed by atoms with Gasteiger partial charge in [0.1, 0.15) is 18.1 Å². The van der Waals surface area contributed by atoms with Crippen molar-refractivity contribution in [2.45, 2.75) is 25.4 Å². The number of halogens is 1. The molecule has 0 atom stereocenters. The van der Waals surface area contributed by atoms with Gasteiger partial charge in [0.15, 0.2) is 0 Å². The molecule has 0 radical (unpaired) electrons. The molecule has 0 aliphatic carbocycles. The van der Waals surface area contributed by atoms with E-state index in [9.17, 15) is 0 Å². The predicted octanol–water partition coefficient (Wildman–Crippen LogP) is 3.93. The largest absolute Gasteiger partial charge is 0.486 e. The number of ether oxygens (including phenoxy) is 1. The Morgan fingerprint density at radius 3 is 2.76 bits per heavy atom. The molecular formula is C16H16BrN3O. The monoisotopic (exact) mass is 345 g/mol. The number of alkyl halides is 1. The molecule has 0 amide bonds. The maximum absolute atomic E-state index is 5.80. The summed E-state index contributed by atoms with van der Waals surface area (Å²) in [5, 5.41) is 6.51. The average molecular weight is 346 g/mol. The zero-order chi connectivity index (χ0) is 14.7. The van der Waals surface area contributed by atoms with Gasteiger partial charge in [-0.05, 0) is 25.1 Å². The molecule has 0 unspecified atom stereocenters. The van der Waals surface area contributed by atoms with E-state index in [0.29, 0.717) is 6.61 Å². The van der Waals surface area contributed by atoms with Gasteiger partial charge in [0.2, 0.25) is 0 Å². The lowest BCUT2D eigenvalue weighted by atomic mass is 10.2. The van der Waals surface area contributed by atoms with E-state index in [1.165, 1.54) is 0 Å². The van der Waals surface area contributed by atoms with E-state index in [4.69, 9.17) is 4.74 Å². The van der Waals surface area contributed by atoms with Gasteiger partial charge in [-0.2, -0.15) is 5.10 Å². The number of benzene rings is 1. The van der Waals surface area contributed by atoms with Crippen molar-refractivity contribution in [1.29, 1.82) is 0 Å². The first-order valence-electron chi connectivity index (χ1n) is 6.90. The first kappa shape index (κ1) is 14.1. The second-order valence-electron chi connectivity index (χ2n) is 4.69. The van der Waals surface area contributed by atoms with Crippen molar-refractivity contribution in [2.75, 3.05) is 0 Å². The highest BCUT2D eigenvalue weighted by atomic mass is 79.9. The number of hydrogen-bond acceptors (Lipinski definition) is 3. The molecule has 0 spiro atoms. The minimum atomic E-state index is 0.447. The van der Waals surface area contributed by atoms with Crippen LogP contribution in [0.2, 0.25) is 0 Å². The summed E-state index contributed by atoms with van der Waals surface area (Å²) in [6.07, 6.45) is 1.75. The van der Waals surface area contributed by atoms with Gasteiger partial charge in [0.25, 0.3) is 0 Å². The molecule has 3 rings (SSSR count). The fourth-order valence-corrected chi connectivity index (χ4v) is 2.60. The molecule has 5 heteroatoms. The summed E-state index contributed by atoms with van der Waals surface area (Å²) in [7, 11) is 0. The molecule has 0 fully saturated rings. The molecule has 21 heavy (non-hydrogen) atoms. The SMILES string of the molecule is CCn1nc(COc2ccc(CBr)nc2)c2ccccc21. The van der Waals surface area contributed by atoms with Crippen LogP contribution in [-0.4, -0.2) is 14.8 Å². The summed E-state index contributed by atoms with van der Waals surface area (Å²) in [6, 6.07) is 12.1. The molecule has 0 aliphatic heterocycles. The predicted molar refractivity (Wildman–Crippen MR) is 86.6 cm³/mol. The van der Waals surface area contributed by atoms with Crippen LogP contribution in [0.4, 0.5) is 0 Å². The number of pyridine rings is 1. The van der Waals surface area contributed by atoms with Gasteiger partial charge in [-0.15, -0.1) is 0 Å². The average Bonchev–Trinajstić information content (AvgIpc) is 2.91. The maximum atomic E-state index is 5.80. The standard InChI is InChI=1S/C16H16BrN3O/c1-2-20-16-6-4-3-5-14(16)15(19-20)11-21-13-8-7-12(9-17)18-10-13/h3-8,10H,2,9,11H2,1H3. The Hall–Kier alpha value is -1.88. The molecule has 108 valence electrons. The molecule has 0 aliphatic rings. The highest BCUT2D eigenvalue weighted by Gasteiger charge is 2.09. The first-order chi connectivity index (χ1) is 10.3. The fourth-order valence-electron chi connectivity index (χ4n) is 2.27. The molecule has 2 aromatic heterocycles. The second-order valence-corrected chi connectivity index (χ2v) is 5.25. The summed E-state index contributed by atoms with van der Waals surface area (Å²) in [5.41, 5.74) is 3.09. The molecule has 0 bridgehead atoms. The van der Waals surface area contributed by atoms with Crippen molar-refractivity contribution in [3.8, 4) is 5.75 Å². The van der Waals surface area contributed by atoms with Crippen molar-refractivity contribution in [1.82, 2.24) is 14.8 Å². The molecular weight excluding hydrogens is 330 g/mol. The number of aryl methyl sites for hydroxylation is 1. The van der Waals surface area contributed by atoms with Crippen molar-refractivity contribution in [3.63, 3.8) is 0 Å². The van der Waals surface area contributed by atoms with E-state index < -0.39 is 0 Å². The van der Waals surface area contributed by atoms with Crippen LogP contribution in [0.25, 0.3) is 10.9 Å². The molecule has 0 saturated heterocycles. The molecule has 2 heterocycles. The highest BCUT2D eigenvalue weighted by Crippen LogP contribution is 2.20. The summed E-state index contributed by atoms with van der Waals surface area (Å²) in [4.78, 5) is 4.30. The topological polar surface area (TPSA) is 39.9 Å². The zero-order valence-electron chi connectivity index (χ0n) is 11.8. The Balaban J connectivity index is 1.81. The van der Waals surface area contributed by atoms with Gasteiger partial charge in [0.05, 0.1) is 17.4 Å². The van der Waals surface area contributed by atoms with Crippen molar-refractivity contribution < 1.29 is 4.74 Å². The summed E-state index contributed by atoms with van der Waals surface area (Å²) in [6.45, 7) is 3.39. The lowest BCUT2D eigenvalue weighted by Crippen LogP contribution is -2.00. The second kappa shape index (κ2) is 6.26. The van der Waals surface area contributed by atoms with Gasteiger partial charge in [-0.3, -0.25) is 9.67 Å². The Labute approximate surface area is 131 Å². The molecule has 1 aromatic carbocycles. The number of para-hydroxylation sites is 1. The van der Waals surface area contributed by atoms with Gasteiger partial charge in [-0.1, -0.05) is 34.1 Å². The molecule has 0 N–H and O–H groups in total. The Morgan fingerprint density at radius 2 is 2.05 bits per heavy atom. The van der Waals surface area contributed by atoms with Crippen LogP contribution < -0.4 is 4.74 Å². The van der Waals surface area contributed by atoms with Gasteiger partial charge < -0.3 is 4.74 Å². The van der Waals surface area contributed by atoms with E-state index in [2.05, 4.69) is 45.1 Å². The maximum Gasteiger partial charge on any atom is 0.138 e. The van der Waals surface area contributed by atoms with Crippen molar-refractivity contribution in [3.05, 3.63) is 54.0 Å². The lowest BCUT2D eigenvalue weighted by molar-refractivity contribution is 0.299. The quantitative estimate of drug-likeness (QED) is 0.658. The van der Waals surface area contributed by atoms with Gasteiger partial charge >= 0.3 is 0 Å². The van der Waals surface area contributed by atoms with Crippen LogP contribution in [0.3, 0.4) is 0 Å². The highest BCUT2D eigenvalue weighted by molar-refractivity contribution is 9.08. The summed E-state index contributed by atoms with van der Waals surface area (Å²) in [5.74, 6) is 0.759. The number of fused-ring (bicyclic) bond motifs is 1. The van der Waals surface area contributed by atoms with E-state index in [0.717, 1.165) is 39.9 Å². The van der Waals surface area contributed by atoms with E-state index in [1.807, 2.05) is 28.9 Å². The number of aromatic nitrogens is 3. The van der Waals surface area contributed by atoms with Gasteiger partial charge in [-0.25, -0.2) is 0 Å². The van der Waals surface area contributed by atoms with Crippen LogP contribution >= 0.6 is 15.9 Å². The Morgan fingerprint density at radius 1 is 1.19 bits per heavy atom. The smallest absolute Gasteiger partial charge is 0.138 e. The van der Waals surface area contributed by atoms with Crippen LogP contribution in [0.15, 0.2) is 42.6 Å². The number of rotatable bonds is 5. The molecule has 3 aromatic rings. The van der Waals surface area contributed by atoms with Crippen molar-refractivity contribution in [2.24, 2.45) is 0 Å². The van der Waals surface area contributed by atoms with Crippen molar-refractivity contribution >= 4 is 26.8 Å². The van der Waals surface area contributed by atoms with Crippen LogP contribution in [0.1, 0.15) is 18.3 Å². The summed E-state index contributed by atoms with van der Waals surface area (Å²) >= 11 is 3.38. The van der Waals surface area contributed by atoms with Crippen LogP contribution in [-0.2, 0) is 18.5 Å². The Bertz CT molecular complexity index is 737. The molecule has 4 nitrogen and oxygen atoms in total. The minimum Gasteiger partial charge on any atom is -0.486 e.